The van der Waals surface area contributed by atoms with E-state index in [2.05, 4.69) is 235 Å². The van der Waals surface area contributed by atoms with Gasteiger partial charge in [-0.05, 0) is 96.4 Å². The van der Waals surface area contributed by atoms with Crippen molar-refractivity contribution in [2.75, 3.05) is 4.90 Å². The van der Waals surface area contributed by atoms with Gasteiger partial charge >= 0.3 is 0 Å². The van der Waals surface area contributed by atoms with Gasteiger partial charge in [0.05, 0.1) is 10.4 Å². The number of benzene rings is 10. The fourth-order valence-corrected chi connectivity index (χ4v) is 23.5. The van der Waals surface area contributed by atoms with Crippen LogP contribution in [0.3, 0.4) is 0 Å². The third-order valence-electron chi connectivity index (χ3n) is 13.3. The molecule has 5 heteroatoms. The molecular formula is C58H38NS2Si2. The van der Waals surface area contributed by atoms with Gasteiger partial charge in [0.15, 0.2) is 16.9 Å². The van der Waals surface area contributed by atoms with Gasteiger partial charge < -0.3 is 4.90 Å². The zero-order chi connectivity index (χ0) is 41.5. The zero-order valence-corrected chi connectivity index (χ0v) is 37.8. The van der Waals surface area contributed by atoms with Crippen LogP contribution >= 0.6 is 23.1 Å². The van der Waals surface area contributed by atoms with Gasteiger partial charge in [-0.3, -0.25) is 0 Å². The Morgan fingerprint density at radius 1 is 0.413 bits per heavy atom. The van der Waals surface area contributed by atoms with Gasteiger partial charge in [-0.2, -0.15) is 0 Å². The van der Waals surface area contributed by atoms with Crippen molar-refractivity contribution in [2.45, 2.75) is 9.79 Å². The van der Waals surface area contributed by atoms with Crippen molar-refractivity contribution >= 4 is 124 Å². The summed E-state index contributed by atoms with van der Waals surface area (Å²) in [6, 6.07) is 87.5. The maximum absolute atomic E-state index is 2.79. The lowest BCUT2D eigenvalue weighted by molar-refractivity contribution is 1.31. The summed E-state index contributed by atoms with van der Waals surface area (Å²) in [5, 5.41) is 15.6. The minimum atomic E-state index is -2.79. The van der Waals surface area contributed by atoms with Crippen molar-refractivity contribution in [1.29, 1.82) is 0 Å². The number of hydrogen-bond donors (Lipinski definition) is 0. The number of rotatable bonds is 5. The van der Waals surface area contributed by atoms with Crippen molar-refractivity contribution in [3.63, 3.8) is 0 Å². The van der Waals surface area contributed by atoms with E-state index in [9.17, 15) is 0 Å². The van der Waals surface area contributed by atoms with E-state index in [4.69, 9.17) is 0 Å². The van der Waals surface area contributed by atoms with Gasteiger partial charge in [-0.1, -0.05) is 204 Å². The van der Waals surface area contributed by atoms with Crippen LogP contribution in [0.15, 0.2) is 240 Å². The molecule has 0 saturated carbocycles. The Morgan fingerprint density at radius 2 is 1.02 bits per heavy atom. The van der Waals surface area contributed by atoms with Crippen molar-refractivity contribution < 1.29 is 0 Å². The highest BCUT2D eigenvalue weighted by atomic mass is 32.2. The Labute approximate surface area is 378 Å². The van der Waals surface area contributed by atoms with Gasteiger partial charge in [0.1, 0.15) is 0 Å². The van der Waals surface area contributed by atoms with Crippen LogP contribution in [0.5, 0.6) is 0 Å². The number of anilines is 3. The van der Waals surface area contributed by atoms with Crippen LogP contribution in [-0.2, 0) is 0 Å². The first-order valence-electron chi connectivity index (χ1n) is 21.6. The van der Waals surface area contributed by atoms with Crippen LogP contribution in [-0.4, -0.2) is 16.9 Å². The third kappa shape index (κ3) is 5.60. The summed E-state index contributed by atoms with van der Waals surface area (Å²) in [5.74, 6) is 0. The molecule has 0 saturated heterocycles. The molecule has 2 aliphatic heterocycles. The zero-order valence-electron chi connectivity index (χ0n) is 34.2. The predicted molar refractivity (Wildman–Crippen MR) is 276 cm³/mol. The number of fused-ring (bicyclic) bond motifs is 12. The molecular weight excluding hydrogens is 831 g/mol. The summed E-state index contributed by atoms with van der Waals surface area (Å²) in [7, 11) is -4.24. The maximum Gasteiger partial charge on any atom is 0.181 e. The molecule has 0 aliphatic carbocycles. The molecule has 0 amide bonds. The quantitative estimate of drug-likeness (QED) is 0.159. The van der Waals surface area contributed by atoms with Crippen molar-refractivity contribution in [3.8, 4) is 11.1 Å². The summed E-state index contributed by atoms with van der Waals surface area (Å²) in [6.45, 7) is 0. The Kier molecular flexibility index (Phi) is 8.60. The number of nitrogens with zero attached hydrogens (tertiary/aromatic N) is 1. The molecule has 0 fully saturated rings. The molecule has 0 unspecified atom stereocenters. The average Bonchev–Trinajstić information content (AvgIpc) is 3.74. The van der Waals surface area contributed by atoms with Gasteiger partial charge in [-0.15, -0.1) is 11.3 Å². The van der Waals surface area contributed by atoms with E-state index in [0.29, 0.717) is 0 Å². The summed E-state index contributed by atoms with van der Waals surface area (Å²) in [6.07, 6.45) is 0. The molecule has 1 aromatic heterocycles. The molecule has 0 atom stereocenters. The molecule has 2 aliphatic rings. The van der Waals surface area contributed by atoms with E-state index < -0.39 is 16.9 Å². The highest BCUT2D eigenvalue weighted by molar-refractivity contribution is 8.00. The van der Waals surface area contributed by atoms with Crippen LogP contribution in [0.1, 0.15) is 0 Å². The Hall–Kier alpha value is -6.74. The minimum Gasteiger partial charge on any atom is -0.309 e. The summed E-state index contributed by atoms with van der Waals surface area (Å²) in [5.41, 5.74) is 6.00. The van der Waals surface area contributed by atoms with Gasteiger partial charge in [0.2, 0.25) is 0 Å². The SMILES string of the molecule is c1ccc([Si]2c3ccccc3[Si]3(c4ccccc4Sc4ccccc43)c3ccc(N(c4ccc(-c5cccc6ccccc56)cc4)c4cccc5c4sc4ccccc45)cc32)cc1. The molecule has 63 heavy (non-hydrogen) atoms. The van der Waals surface area contributed by atoms with Gasteiger partial charge in [0, 0.05) is 36.6 Å². The number of hydrogen-bond acceptors (Lipinski definition) is 3. The van der Waals surface area contributed by atoms with E-state index >= 15 is 0 Å². The van der Waals surface area contributed by atoms with Gasteiger partial charge in [-0.25, -0.2) is 0 Å². The highest BCUT2D eigenvalue weighted by Gasteiger charge is 2.53. The third-order valence-corrected chi connectivity index (χ3v) is 24.3. The molecule has 295 valence electrons. The Bertz CT molecular complexity index is 3530. The largest absolute Gasteiger partial charge is 0.309 e. The molecule has 1 spiro atoms. The minimum absolute atomic E-state index is 1.14. The predicted octanol–water partition coefficient (Wildman–Crippen LogP) is 11.0. The molecule has 3 heterocycles. The summed E-state index contributed by atoms with van der Waals surface area (Å²) in [4.78, 5) is 5.31. The van der Waals surface area contributed by atoms with Crippen LogP contribution in [0.25, 0.3) is 42.1 Å². The fourth-order valence-electron chi connectivity index (χ4n) is 10.6. The normalized spacial score (nSPS) is 13.7. The van der Waals surface area contributed by atoms with Crippen molar-refractivity contribution in [2.24, 2.45) is 0 Å². The topological polar surface area (TPSA) is 3.24 Å². The first-order chi connectivity index (χ1) is 31.3. The molecule has 0 N–H and O–H groups in total. The van der Waals surface area contributed by atoms with E-state index in [0.717, 1.165) is 5.69 Å². The summed E-state index contributed by atoms with van der Waals surface area (Å²) >= 11 is 3.83. The Balaban J connectivity index is 1.09. The fraction of sp³-hybridized carbons (Fsp3) is 0. The van der Waals surface area contributed by atoms with Crippen LogP contribution < -0.4 is 41.2 Å². The number of thiophene rings is 1. The first-order valence-corrected chi connectivity index (χ1v) is 26.7. The summed E-state index contributed by atoms with van der Waals surface area (Å²) < 4.78 is 2.61. The lowest BCUT2D eigenvalue weighted by atomic mass is 9.98. The molecule has 1 radical (unpaired) electrons. The van der Waals surface area contributed by atoms with Crippen molar-refractivity contribution in [3.05, 3.63) is 231 Å². The monoisotopic (exact) mass is 868 g/mol. The molecule has 1 nitrogen and oxygen atoms in total. The second-order valence-corrected chi connectivity index (χ2v) is 24.7. The van der Waals surface area contributed by atoms with E-state index in [1.165, 1.54) is 94.4 Å². The molecule has 11 aromatic rings. The average molecular weight is 869 g/mol. The molecule has 13 rings (SSSR count). The lowest BCUT2D eigenvalue weighted by Gasteiger charge is -2.46. The van der Waals surface area contributed by atoms with Crippen molar-refractivity contribution in [1.82, 2.24) is 0 Å². The Morgan fingerprint density at radius 3 is 1.83 bits per heavy atom. The first kappa shape index (κ1) is 36.9. The standard InChI is InChI=1S/C58H38NS2Si2/c1-2-18-43(19-3-1)62-52-28-10-13-31-56(52)63(54-29-11-8-26-50(54)60-51-27-9-12-30-55(51)63)57-37-36-42(38-53(57)62)59(48-24-15-23-47-46-21-6-7-25-49(46)61-58(47)48)41-34-32-40(33-35-41)45-22-14-17-39-16-4-5-20-44(39)45/h1-38H. The molecule has 10 aromatic carbocycles. The lowest BCUT2D eigenvalue weighted by Crippen LogP contribution is -2.87. The van der Waals surface area contributed by atoms with E-state index in [1.807, 2.05) is 23.1 Å². The highest BCUT2D eigenvalue weighted by Crippen LogP contribution is 2.45. The smallest absolute Gasteiger partial charge is 0.181 e. The van der Waals surface area contributed by atoms with E-state index in [1.54, 1.807) is 5.19 Å². The van der Waals surface area contributed by atoms with E-state index in [-0.39, 0.29) is 0 Å². The van der Waals surface area contributed by atoms with Crippen LogP contribution in [0.4, 0.5) is 17.1 Å². The maximum atomic E-state index is 2.61. The van der Waals surface area contributed by atoms with Crippen LogP contribution in [0, 0.1) is 0 Å². The second kappa shape index (κ2) is 14.7. The van der Waals surface area contributed by atoms with Gasteiger partial charge in [0.25, 0.3) is 0 Å². The second-order valence-electron chi connectivity index (χ2n) is 16.5. The van der Waals surface area contributed by atoms with Crippen LogP contribution in [0.2, 0.25) is 0 Å². The molecule has 0 bridgehead atoms.